The van der Waals surface area contributed by atoms with E-state index in [0.29, 0.717) is 10.7 Å². The number of morpholine rings is 1. The second-order valence-corrected chi connectivity index (χ2v) is 6.46. The molecule has 1 aliphatic rings. The van der Waals surface area contributed by atoms with Gasteiger partial charge in [0.25, 0.3) is 0 Å². The molecule has 5 nitrogen and oxygen atoms in total. The molecule has 0 spiro atoms. The molecule has 0 unspecified atom stereocenters. The molecule has 1 heterocycles. The molecule has 0 aliphatic carbocycles. The van der Waals surface area contributed by atoms with Crippen molar-refractivity contribution >= 4 is 29.0 Å². The van der Waals surface area contributed by atoms with E-state index in [1.165, 1.54) is 5.69 Å². The van der Waals surface area contributed by atoms with Crippen LogP contribution in [0.15, 0.2) is 48.5 Å². The molecule has 1 saturated heterocycles. The Morgan fingerprint density at radius 1 is 1.16 bits per heavy atom. The van der Waals surface area contributed by atoms with Gasteiger partial charge in [0.05, 0.1) is 19.3 Å². The lowest BCUT2D eigenvalue weighted by atomic mass is 10.1. The van der Waals surface area contributed by atoms with Crippen molar-refractivity contribution in [3.63, 3.8) is 0 Å². The van der Waals surface area contributed by atoms with E-state index in [2.05, 4.69) is 39.8 Å². The SMILES string of the molecule is C[C@@H](NC(=O)Nc1cccc(Cl)c1)c1ccc(N2CCOCC2)cc1. The van der Waals surface area contributed by atoms with Crippen LogP contribution in [-0.2, 0) is 4.74 Å². The van der Waals surface area contributed by atoms with Gasteiger partial charge in [0.1, 0.15) is 0 Å². The number of anilines is 2. The van der Waals surface area contributed by atoms with Gasteiger partial charge in [-0.2, -0.15) is 0 Å². The van der Waals surface area contributed by atoms with Gasteiger partial charge in [0.2, 0.25) is 0 Å². The Labute approximate surface area is 152 Å². The third-order valence-electron chi connectivity index (χ3n) is 4.20. The Balaban J connectivity index is 1.57. The largest absolute Gasteiger partial charge is 0.378 e. The predicted octanol–water partition coefficient (Wildman–Crippen LogP) is 4.06. The van der Waals surface area contributed by atoms with Crippen LogP contribution in [0.25, 0.3) is 0 Å². The van der Waals surface area contributed by atoms with Crippen molar-refractivity contribution < 1.29 is 9.53 Å². The van der Waals surface area contributed by atoms with Gasteiger partial charge in [0.15, 0.2) is 0 Å². The number of amides is 2. The molecule has 25 heavy (non-hydrogen) atoms. The summed E-state index contributed by atoms with van der Waals surface area (Å²) < 4.78 is 5.38. The number of nitrogens with one attached hydrogen (secondary N) is 2. The average Bonchev–Trinajstić information content (AvgIpc) is 2.62. The fourth-order valence-electron chi connectivity index (χ4n) is 2.81. The molecule has 1 atom stereocenters. The third kappa shape index (κ3) is 4.87. The summed E-state index contributed by atoms with van der Waals surface area (Å²) in [7, 11) is 0. The molecule has 132 valence electrons. The topological polar surface area (TPSA) is 53.6 Å². The van der Waals surface area contributed by atoms with Gasteiger partial charge in [-0.15, -0.1) is 0 Å². The zero-order chi connectivity index (χ0) is 17.6. The Hall–Kier alpha value is -2.24. The van der Waals surface area contributed by atoms with E-state index in [1.54, 1.807) is 24.3 Å². The van der Waals surface area contributed by atoms with Crippen molar-refractivity contribution in [2.24, 2.45) is 0 Å². The Kier molecular flexibility index (Phi) is 5.79. The lowest BCUT2D eigenvalue weighted by Crippen LogP contribution is -2.36. The zero-order valence-corrected chi connectivity index (χ0v) is 14.9. The van der Waals surface area contributed by atoms with Crippen LogP contribution >= 0.6 is 11.6 Å². The van der Waals surface area contributed by atoms with Crippen molar-refractivity contribution in [2.45, 2.75) is 13.0 Å². The van der Waals surface area contributed by atoms with Crippen LogP contribution in [0.2, 0.25) is 5.02 Å². The zero-order valence-electron chi connectivity index (χ0n) is 14.2. The summed E-state index contributed by atoms with van der Waals surface area (Å²) in [5, 5.41) is 6.31. The van der Waals surface area contributed by atoms with Crippen LogP contribution < -0.4 is 15.5 Å². The number of carbonyl (C=O) groups is 1. The summed E-state index contributed by atoms with van der Waals surface area (Å²) in [6.07, 6.45) is 0. The third-order valence-corrected chi connectivity index (χ3v) is 4.43. The van der Waals surface area contributed by atoms with E-state index < -0.39 is 0 Å². The average molecular weight is 360 g/mol. The van der Waals surface area contributed by atoms with Gasteiger partial charge in [-0.05, 0) is 42.8 Å². The Morgan fingerprint density at radius 2 is 1.88 bits per heavy atom. The molecule has 0 bridgehead atoms. The number of halogens is 1. The number of ether oxygens (including phenoxy) is 1. The van der Waals surface area contributed by atoms with Gasteiger partial charge in [-0.25, -0.2) is 4.79 Å². The molecule has 6 heteroatoms. The number of rotatable bonds is 4. The van der Waals surface area contributed by atoms with Crippen LogP contribution in [0.4, 0.5) is 16.2 Å². The predicted molar refractivity (Wildman–Crippen MR) is 101 cm³/mol. The molecule has 0 aromatic heterocycles. The van der Waals surface area contributed by atoms with Gasteiger partial charge < -0.3 is 20.3 Å². The van der Waals surface area contributed by atoms with E-state index >= 15 is 0 Å². The first kappa shape index (κ1) is 17.6. The van der Waals surface area contributed by atoms with E-state index in [0.717, 1.165) is 31.9 Å². The maximum Gasteiger partial charge on any atom is 0.319 e. The smallest absolute Gasteiger partial charge is 0.319 e. The molecule has 2 aromatic rings. The minimum atomic E-state index is -0.257. The molecule has 2 N–H and O–H groups in total. The number of hydrogen-bond acceptors (Lipinski definition) is 3. The lowest BCUT2D eigenvalue weighted by molar-refractivity contribution is 0.122. The molecule has 3 rings (SSSR count). The highest BCUT2D eigenvalue weighted by Crippen LogP contribution is 2.20. The molecule has 2 aromatic carbocycles. The van der Waals surface area contributed by atoms with Crippen molar-refractivity contribution in [3.05, 3.63) is 59.1 Å². The van der Waals surface area contributed by atoms with Crippen LogP contribution in [0.3, 0.4) is 0 Å². The van der Waals surface area contributed by atoms with E-state index in [4.69, 9.17) is 16.3 Å². The van der Waals surface area contributed by atoms with Crippen LogP contribution in [0.5, 0.6) is 0 Å². The number of hydrogen-bond donors (Lipinski definition) is 2. The van der Waals surface area contributed by atoms with Crippen LogP contribution in [-0.4, -0.2) is 32.3 Å². The number of nitrogens with zero attached hydrogens (tertiary/aromatic N) is 1. The minimum absolute atomic E-state index is 0.0991. The lowest BCUT2D eigenvalue weighted by Gasteiger charge is -2.29. The quantitative estimate of drug-likeness (QED) is 0.865. The Morgan fingerprint density at radius 3 is 2.56 bits per heavy atom. The van der Waals surface area contributed by atoms with Crippen LogP contribution in [0.1, 0.15) is 18.5 Å². The monoisotopic (exact) mass is 359 g/mol. The first-order chi connectivity index (χ1) is 12.1. The second-order valence-electron chi connectivity index (χ2n) is 6.02. The molecular formula is C19H22ClN3O2. The van der Waals surface area contributed by atoms with Gasteiger partial charge in [-0.1, -0.05) is 29.8 Å². The van der Waals surface area contributed by atoms with Crippen molar-refractivity contribution in [1.82, 2.24) is 5.32 Å². The minimum Gasteiger partial charge on any atom is -0.378 e. The number of urea groups is 1. The van der Waals surface area contributed by atoms with Crippen molar-refractivity contribution in [1.29, 1.82) is 0 Å². The van der Waals surface area contributed by atoms with Crippen molar-refractivity contribution in [3.8, 4) is 0 Å². The van der Waals surface area contributed by atoms with E-state index in [-0.39, 0.29) is 12.1 Å². The number of benzene rings is 2. The summed E-state index contributed by atoms with van der Waals surface area (Å²) in [6.45, 7) is 5.32. The maximum atomic E-state index is 12.1. The highest BCUT2D eigenvalue weighted by molar-refractivity contribution is 6.30. The maximum absolute atomic E-state index is 12.1. The van der Waals surface area contributed by atoms with Crippen molar-refractivity contribution in [2.75, 3.05) is 36.5 Å². The first-order valence-corrected chi connectivity index (χ1v) is 8.75. The Bertz CT molecular complexity index is 715. The molecular weight excluding hydrogens is 338 g/mol. The molecule has 1 aliphatic heterocycles. The summed E-state index contributed by atoms with van der Waals surface area (Å²) in [5.41, 5.74) is 2.90. The van der Waals surface area contributed by atoms with Gasteiger partial charge in [0, 0.05) is 29.5 Å². The van der Waals surface area contributed by atoms with E-state index in [1.807, 2.05) is 6.92 Å². The highest BCUT2D eigenvalue weighted by Gasteiger charge is 2.13. The summed E-state index contributed by atoms with van der Waals surface area (Å²) in [5.74, 6) is 0. The molecule has 0 saturated carbocycles. The van der Waals surface area contributed by atoms with Crippen LogP contribution in [0, 0.1) is 0 Å². The fourth-order valence-corrected chi connectivity index (χ4v) is 3.00. The second kappa shape index (κ2) is 8.23. The summed E-state index contributed by atoms with van der Waals surface area (Å²) >= 11 is 5.93. The standard InChI is InChI=1S/C19H22ClN3O2/c1-14(21-19(24)22-17-4-2-3-16(20)13-17)15-5-7-18(8-6-15)23-9-11-25-12-10-23/h2-8,13-14H,9-12H2,1H3,(H2,21,22,24)/t14-/m1/s1. The van der Waals surface area contributed by atoms with Gasteiger partial charge in [-0.3, -0.25) is 0 Å². The molecule has 2 amide bonds. The first-order valence-electron chi connectivity index (χ1n) is 8.37. The summed E-state index contributed by atoms with van der Waals surface area (Å²) in [6, 6.07) is 15.0. The highest BCUT2D eigenvalue weighted by atomic mass is 35.5. The van der Waals surface area contributed by atoms with E-state index in [9.17, 15) is 4.79 Å². The normalized spacial score (nSPS) is 15.5. The fraction of sp³-hybridized carbons (Fsp3) is 0.316. The van der Waals surface area contributed by atoms with Gasteiger partial charge >= 0.3 is 6.03 Å². The number of carbonyl (C=O) groups excluding carboxylic acids is 1. The molecule has 0 radical (unpaired) electrons. The molecule has 1 fully saturated rings. The summed E-state index contributed by atoms with van der Waals surface area (Å²) in [4.78, 5) is 14.4.